The van der Waals surface area contributed by atoms with Crippen LogP contribution in [-0.4, -0.2) is 11.7 Å². The lowest BCUT2D eigenvalue weighted by Crippen LogP contribution is -2.23. The van der Waals surface area contributed by atoms with Gasteiger partial charge < -0.3 is 5.11 Å². The Hall–Kier alpha value is -1.95. The molecular weight excluding hydrogens is 383 g/mol. The van der Waals surface area contributed by atoms with Crippen LogP contribution in [-0.2, 0) is 6.42 Å². The van der Waals surface area contributed by atoms with E-state index in [0.29, 0.717) is 6.61 Å². The van der Waals surface area contributed by atoms with Crippen molar-refractivity contribution in [2.24, 2.45) is 0 Å². The van der Waals surface area contributed by atoms with E-state index >= 15 is 0 Å². The van der Waals surface area contributed by atoms with E-state index < -0.39 is 7.92 Å². The van der Waals surface area contributed by atoms with Crippen molar-refractivity contribution in [1.82, 2.24) is 0 Å². The molecule has 0 aliphatic rings. The first-order chi connectivity index (χ1) is 14.9. The van der Waals surface area contributed by atoms with Gasteiger partial charge in [0.2, 0.25) is 0 Å². The molecule has 3 aromatic rings. The molecule has 0 amide bonds. The molecule has 0 spiro atoms. The zero-order chi connectivity index (χ0) is 20.9. The van der Waals surface area contributed by atoms with E-state index in [1.165, 1.54) is 72.8 Å². The fourth-order valence-electron chi connectivity index (χ4n) is 4.01. The Morgan fingerprint density at radius 3 is 1.53 bits per heavy atom. The molecule has 0 bridgehead atoms. The van der Waals surface area contributed by atoms with Crippen LogP contribution in [0.15, 0.2) is 84.9 Å². The third kappa shape index (κ3) is 7.08. The summed E-state index contributed by atoms with van der Waals surface area (Å²) >= 11 is 0. The third-order valence-electron chi connectivity index (χ3n) is 5.62. The highest BCUT2D eigenvalue weighted by Gasteiger charge is 2.18. The summed E-state index contributed by atoms with van der Waals surface area (Å²) in [7, 11) is -0.523. The van der Waals surface area contributed by atoms with E-state index in [9.17, 15) is 0 Å². The lowest BCUT2D eigenvalue weighted by Gasteiger charge is -2.22. The third-order valence-corrected chi connectivity index (χ3v) is 8.16. The molecule has 30 heavy (non-hydrogen) atoms. The quantitative estimate of drug-likeness (QED) is 0.263. The van der Waals surface area contributed by atoms with Gasteiger partial charge in [-0.15, -0.1) is 0 Å². The lowest BCUT2D eigenvalue weighted by molar-refractivity contribution is 0.282. The van der Waals surface area contributed by atoms with Crippen molar-refractivity contribution in [2.45, 2.75) is 57.8 Å². The first-order valence-corrected chi connectivity index (χ1v) is 12.8. The van der Waals surface area contributed by atoms with Crippen molar-refractivity contribution in [3.8, 4) is 0 Å². The second kappa shape index (κ2) is 13.4. The topological polar surface area (TPSA) is 20.2 Å². The van der Waals surface area contributed by atoms with Gasteiger partial charge in [0.1, 0.15) is 0 Å². The van der Waals surface area contributed by atoms with Gasteiger partial charge in [0.25, 0.3) is 0 Å². The molecule has 0 saturated heterocycles. The van der Waals surface area contributed by atoms with Crippen molar-refractivity contribution in [1.29, 1.82) is 0 Å². The molecule has 0 aliphatic carbocycles. The van der Waals surface area contributed by atoms with Gasteiger partial charge in [-0.1, -0.05) is 123 Å². The highest BCUT2D eigenvalue weighted by atomic mass is 31.1. The number of aliphatic hydroxyl groups is 1. The van der Waals surface area contributed by atoms with Gasteiger partial charge in [0.05, 0.1) is 0 Å². The van der Waals surface area contributed by atoms with Crippen LogP contribution in [0.25, 0.3) is 0 Å². The maximum atomic E-state index is 8.86. The van der Waals surface area contributed by atoms with E-state index in [2.05, 4.69) is 84.9 Å². The summed E-state index contributed by atoms with van der Waals surface area (Å²) < 4.78 is 0. The molecule has 3 aromatic carbocycles. The van der Waals surface area contributed by atoms with Crippen molar-refractivity contribution >= 4 is 23.8 Å². The summed E-state index contributed by atoms with van der Waals surface area (Å²) in [5.41, 5.74) is 1.51. The number of aliphatic hydroxyl groups excluding tert-OH is 1. The molecule has 0 radical (unpaired) electrons. The summed E-state index contributed by atoms with van der Waals surface area (Å²) in [6.45, 7) is 0.341. The van der Waals surface area contributed by atoms with Gasteiger partial charge in [0, 0.05) is 6.61 Å². The first-order valence-electron chi connectivity index (χ1n) is 11.5. The Kier molecular flexibility index (Phi) is 10.1. The highest BCUT2D eigenvalue weighted by molar-refractivity contribution is 7.79. The van der Waals surface area contributed by atoms with Gasteiger partial charge in [-0.25, -0.2) is 0 Å². The monoisotopic (exact) mass is 418 g/mol. The summed E-state index contributed by atoms with van der Waals surface area (Å²) in [6.07, 6.45) is 11.1. The first kappa shape index (κ1) is 22.7. The summed E-state index contributed by atoms with van der Waals surface area (Å²) in [4.78, 5) is 0. The second-order valence-corrected chi connectivity index (χ2v) is 10.1. The van der Waals surface area contributed by atoms with Gasteiger partial charge in [-0.3, -0.25) is 0 Å². The average Bonchev–Trinajstić information content (AvgIpc) is 2.80. The van der Waals surface area contributed by atoms with Gasteiger partial charge in [0.15, 0.2) is 0 Å². The molecule has 2 heteroatoms. The van der Waals surface area contributed by atoms with Crippen LogP contribution in [0.3, 0.4) is 0 Å². The van der Waals surface area contributed by atoms with Crippen LogP contribution in [0.5, 0.6) is 0 Å². The largest absolute Gasteiger partial charge is 0.396 e. The zero-order valence-corrected chi connectivity index (χ0v) is 18.9. The summed E-state index contributed by atoms with van der Waals surface area (Å²) in [6, 6.07) is 31.1. The van der Waals surface area contributed by atoms with E-state index in [-0.39, 0.29) is 0 Å². The van der Waals surface area contributed by atoms with E-state index in [1.807, 2.05) is 0 Å². The molecule has 0 atom stereocenters. The number of unbranched alkanes of at least 4 members (excludes halogenated alkanes) is 7. The van der Waals surface area contributed by atoms with E-state index in [0.717, 1.165) is 6.42 Å². The molecule has 0 aliphatic heterocycles. The molecule has 0 fully saturated rings. The van der Waals surface area contributed by atoms with Gasteiger partial charge in [-0.2, -0.15) is 0 Å². The molecule has 158 valence electrons. The van der Waals surface area contributed by atoms with Gasteiger partial charge >= 0.3 is 0 Å². The predicted octanol–water partition coefficient (Wildman–Crippen LogP) is 6.10. The Labute approximate surface area is 183 Å². The zero-order valence-electron chi connectivity index (χ0n) is 18.0. The number of rotatable bonds is 13. The molecule has 0 saturated carbocycles. The van der Waals surface area contributed by atoms with Crippen molar-refractivity contribution in [3.63, 3.8) is 0 Å². The predicted molar refractivity (Wildman–Crippen MR) is 133 cm³/mol. The number of hydrogen-bond acceptors (Lipinski definition) is 1. The molecule has 1 N–H and O–H groups in total. The fourth-order valence-corrected chi connectivity index (χ4v) is 6.51. The van der Waals surface area contributed by atoms with Crippen molar-refractivity contribution in [3.05, 3.63) is 90.5 Å². The maximum Gasteiger partial charge on any atom is 0.0431 e. The molecule has 1 nitrogen and oxygen atoms in total. The van der Waals surface area contributed by atoms with E-state index in [4.69, 9.17) is 5.11 Å². The van der Waals surface area contributed by atoms with Crippen LogP contribution in [0.4, 0.5) is 0 Å². The van der Waals surface area contributed by atoms with Crippen LogP contribution in [0.2, 0.25) is 0 Å². The molecule has 0 heterocycles. The summed E-state index contributed by atoms with van der Waals surface area (Å²) in [5, 5.41) is 13.2. The molecule has 3 rings (SSSR count). The number of aryl methyl sites for hydroxylation is 1. The molecule has 0 aromatic heterocycles. The van der Waals surface area contributed by atoms with Crippen molar-refractivity contribution in [2.75, 3.05) is 6.61 Å². The minimum absolute atomic E-state index is 0.341. The summed E-state index contributed by atoms with van der Waals surface area (Å²) in [5.74, 6) is 0. The van der Waals surface area contributed by atoms with Gasteiger partial charge in [-0.05, 0) is 48.7 Å². The molecular formula is C28H35OP. The highest BCUT2D eigenvalue weighted by Crippen LogP contribution is 2.34. The van der Waals surface area contributed by atoms with Crippen LogP contribution in [0.1, 0.15) is 56.9 Å². The average molecular weight is 419 g/mol. The minimum atomic E-state index is -0.523. The Morgan fingerprint density at radius 1 is 0.500 bits per heavy atom. The lowest BCUT2D eigenvalue weighted by atomic mass is 10.0. The van der Waals surface area contributed by atoms with E-state index in [1.54, 1.807) is 0 Å². The number of benzene rings is 3. The Morgan fingerprint density at radius 2 is 0.967 bits per heavy atom. The standard InChI is InChI=1S/C28H35OP/c29-24-16-6-4-2-1-3-5-9-17-25-18-14-15-23-28(25)30(26-19-10-7-11-20-26)27-21-12-8-13-22-27/h7-8,10-15,18-23,29H,1-6,9,16-17,24H2. The smallest absolute Gasteiger partial charge is 0.0431 e. The SMILES string of the molecule is OCCCCCCCCCCc1ccccc1P(c1ccccc1)c1ccccc1. The van der Waals surface area contributed by atoms with Crippen LogP contribution < -0.4 is 15.9 Å². The van der Waals surface area contributed by atoms with Crippen LogP contribution >= 0.6 is 7.92 Å². The maximum absolute atomic E-state index is 8.86. The Balaban J connectivity index is 1.64. The Bertz CT molecular complexity index is 792. The second-order valence-electron chi connectivity index (χ2n) is 7.94. The normalized spacial score (nSPS) is 11.1. The van der Waals surface area contributed by atoms with Crippen molar-refractivity contribution < 1.29 is 5.11 Å². The number of hydrogen-bond donors (Lipinski definition) is 1. The van der Waals surface area contributed by atoms with Crippen LogP contribution in [0, 0.1) is 0 Å². The fraction of sp³-hybridized carbons (Fsp3) is 0.357. The minimum Gasteiger partial charge on any atom is -0.396 e. The molecule has 0 unspecified atom stereocenters.